The Morgan fingerprint density at radius 1 is 1.29 bits per heavy atom. The quantitative estimate of drug-likeness (QED) is 0.873. The van der Waals surface area contributed by atoms with Crippen molar-refractivity contribution in [2.45, 2.75) is 26.3 Å². The van der Waals surface area contributed by atoms with E-state index in [9.17, 15) is 4.79 Å². The van der Waals surface area contributed by atoms with Gasteiger partial charge in [-0.15, -0.1) is 0 Å². The maximum atomic E-state index is 11.6. The van der Waals surface area contributed by atoms with Crippen LogP contribution in [0.25, 0.3) is 11.4 Å². The summed E-state index contributed by atoms with van der Waals surface area (Å²) in [5.74, 6) is 1.19. The van der Waals surface area contributed by atoms with Gasteiger partial charge in [0.15, 0.2) is 5.82 Å². The van der Waals surface area contributed by atoms with Crippen LogP contribution < -0.4 is 10.6 Å². The van der Waals surface area contributed by atoms with E-state index >= 15 is 0 Å². The van der Waals surface area contributed by atoms with Crippen LogP contribution in [0.5, 0.6) is 0 Å². The van der Waals surface area contributed by atoms with Crippen LogP contribution in [0.1, 0.15) is 19.5 Å². The highest BCUT2D eigenvalue weighted by molar-refractivity contribution is 5.83. The lowest BCUT2D eigenvalue weighted by atomic mass is 10.2. The van der Waals surface area contributed by atoms with Crippen LogP contribution in [0, 0.1) is 0 Å². The Hall–Kier alpha value is -2.50. The van der Waals surface area contributed by atoms with E-state index < -0.39 is 0 Å². The van der Waals surface area contributed by atoms with Crippen LogP contribution >= 0.6 is 0 Å². The number of pyridine rings is 1. The average Bonchev–Trinajstić information content (AvgIpc) is 2.54. The molecule has 21 heavy (non-hydrogen) atoms. The molecule has 2 heterocycles. The van der Waals surface area contributed by atoms with Gasteiger partial charge in [0.05, 0.1) is 0 Å². The van der Waals surface area contributed by atoms with Crippen LogP contribution in [-0.4, -0.2) is 33.9 Å². The van der Waals surface area contributed by atoms with Crippen molar-refractivity contribution in [2.75, 3.05) is 12.4 Å². The number of likely N-dealkylation sites (N-methyl/N-ethyl adjacent to an activating group) is 1. The Morgan fingerprint density at radius 3 is 2.62 bits per heavy atom. The van der Waals surface area contributed by atoms with Crippen molar-refractivity contribution in [1.82, 2.24) is 20.3 Å². The smallest absolute Gasteiger partial charge is 0.241 e. The van der Waals surface area contributed by atoms with E-state index in [1.165, 1.54) is 0 Å². The Bertz CT molecular complexity index is 615. The molecule has 1 amide bonds. The highest BCUT2D eigenvalue weighted by Gasteiger charge is 2.13. The molecule has 0 aromatic carbocycles. The maximum Gasteiger partial charge on any atom is 0.241 e. The first-order valence-corrected chi connectivity index (χ1v) is 6.90. The highest BCUT2D eigenvalue weighted by atomic mass is 16.2. The van der Waals surface area contributed by atoms with E-state index in [-0.39, 0.29) is 11.9 Å². The number of nitrogens with one attached hydrogen (secondary N) is 2. The monoisotopic (exact) mass is 285 g/mol. The highest BCUT2D eigenvalue weighted by Crippen LogP contribution is 2.18. The fourth-order valence-electron chi connectivity index (χ4n) is 1.89. The predicted molar refractivity (Wildman–Crippen MR) is 81.8 cm³/mol. The summed E-state index contributed by atoms with van der Waals surface area (Å²) in [4.78, 5) is 24.6. The second kappa shape index (κ2) is 6.78. The van der Waals surface area contributed by atoms with Gasteiger partial charge in [0, 0.05) is 36.8 Å². The Morgan fingerprint density at radius 2 is 2.00 bits per heavy atom. The summed E-state index contributed by atoms with van der Waals surface area (Å²) >= 11 is 0. The SMILES string of the molecule is CCc1cc(N[C@H](C)C(=O)NC)nc(-c2ccncc2)n1. The lowest BCUT2D eigenvalue weighted by Gasteiger charge is -2.14. The topological polar surface area (TPSA) is 79.8 Å². The number of rotatable bonds is 5. The first-order valence-electron chi connectivity index (χ1n) is 6.90. The molecule has 0 radical (unpaired) electrons. The minimum atomic E-state index is -0.361. The van der Waals surface area contributed by atoms with Crippen LogP contribution in [0.4, 0.5) is 5.82 Å². The van der Waals surface area contributed by atoms with Crippen molar-refractivity contribution < 1.29 is 4.79 Å². The zero-order valence-corrected chi connectivity index (χ0v) is 12.4. The van der Waals surface area contributed by atoms with Gasteiger partial charge in [0.25, 0.3) is 0 Å². The molecule has 0 fully saturated rings. The van der Waals surface area contributed by atoms with Gasteiger partial charge in [-0.2, -0.15) is 0 Å². The minimum absolute atomic E-state index is 0.0860. The van der Waals surface area contributed by atoms with E-state index in [4.69, 9.17) is 0 Å². The molecule has 2 aromatic rings. The molecule has 0 aliphatic heterocycles. The second-order valence-electron chi connectivity index (χ2n) is 4.64. The summed E-state index contributed by atoms with van der Waals surface area (Å²) in [5, 5.41) is 5.71. The molecule has 0 saturated carbocycles. The van der Waals surface area contributed by atoms with Crippen LogP contribution in [0.15, 0.2) is 30.6 Å². The van der Waals surface area contributed by atoms with Crippen molar-refractivity contribution in [3.05, 3.63) is 36.3 Å². The Kier molecular flexibility index (Phi) is 4.81. The number of hydrogen-bond acceptors (Lipinski definition) is 5. The fourth-order valence-corrected chi connectivity index (χ4v) is 1.89. The number of aromatic nitrogens is 3. The van der Waals surface area contributed by atoms with Crippen molar-refractivity contribution in [2.24, 2.45) is 0 Å². The van der Waals surface area contributed by atoms with Crippen molar-refractivity contribution in [3.8, 4) is 11.4 Å². The summed E-state index contributed by atoms with van der Waals surface area (Å²) < 4.78 is 0. The van der Waals surface area contributed by atoms with Gasteiger partial charge in [-0.25, -0.2) is 9.97 Å². The molecule has 0 unspecified atom stereocenters. The number of carbonyl (C=O) groups is 1. The summed E-state index contributed by atoms with van der Waals surface area (Å²) in [6.45, 7) is 3.82. The first kappa shape index (κ1) is 14.9. The number of nitrogens with zero attached hydrogens (tertiary/aromatic N) is 3. The minimum Gasteiger partial charge on any atom is -0.359 e. The summed E-state index contributed by atoms with van der Waals surface area (Å²) in [6.07, 6.45) is 4.21. The number of aryl methyl sites for hydroxylation is 1. The molecule has 2 N–H and O–H groups in total. The van der Waals surface area contributed by atoms with E-state index in [2.05, 4.69) is 25.6 Å². The molecule has 0 aliphatic carbocycles. The number of carbonyl (C=O) groups excluding carboxylic acids is 1. The molecule has 2 rings (SSSR count). The molecule has 6 heteroatoms. The first-order chi connectivity index (χ1) is 10.1. The molecule has 6 nitrogen and oxygen atoms in total. The van der Waals surface area contributed by atoms with Gasteiger partial charge < -0.3 is 10.6 Å². The number of anilines is 1. The summed E-state index contributed by atoms with van der Waals surface area (Å²) in [7, 11) is 1.61. The number of amides is 1. The second-order valence-corrected chi connectivity index (χ2v) is 4.64. The largest absolute Gasteiger partial charge is 0.359 e. The molecule has 2 aromatic heterocycles. The van der Waals surface area contributed by atoms with Gasteiger partial charge >= 0.3 is 0 Å². The third-order valence-corrected chi connectivity index (χ3v) is 3.08. The molecular formula is C15H19N5O. The van der Waals surface area contributed by atoms with Gasteiger partial charge in [0.2, 0.25) is 5.91 Å². The standard InChI is InChI=1S/C15H19N5O/c1-4-12-9-13(18-10(2)15(21)16-3)20-14(19-12)11-5-7-17-8-6-11/h5-10H,4H2,1-3H3,(H,16,21)(H,18,19,20)/t10-/m1/s1. The van der Waals surface area contributed by atoms with Crippen molar-refractivity contribution in [3.63, 3.8) is 0 Å². The lowest BCUT2D eigenvalue weighted by molar-refractivity contribution is -0.121. The zero-order valence-electron chi connectivity index (χ0n) is 12.4. The third-order valence-electron chi connectivity index (χ3n) is 3.08. The van der Waals surface area contributed by atoms with E-state index in [0.29, 0.717) is 11.6 Å². The van der Waals surface area contributed by atoms with Gasteiger partial charge in [-0.3, -0.25) is 9.78 Å². The molecule has 110 valence electrons. The third kappa shape index (κ3) is 3.75. The van der Waals surface area contributed by atoms with Crippen molar-refractivity contribution >= 4 is 11.7 Å². The summed E-state index contributed by atoms with van der Waals surface area (Å²) in [5.41, 5.74) is 1.82. The fraction of sp³-hybridized carbons (Fsp3) is 0.333. The van der Waals surface area contributed by atoms with Gasteiger partial charge in [0.1, 0.15) is 11.9 Å². The lowest BCUT2D eigenvalue weighted by Crippen LogP contribution is -2.35. The van der Waals surface area contributed by atoms with Crippen LogP contribution in [0.3, 0.4) is 0 Å². The molecule has 0 saturated heterocycles. The molecule has 0 bridgehead atoms. The zero-order chi connectivity index (χ0) is 15.2. The van der Waals surface area contributed by atoms with E-state index in [1.807, 2.05) is 25.1 Å². The van der Waals surface area contributed by atoms with E-state index in [0.717, 1.165) is 17.7 Å². The Balaban J connectivity index is 2.32. The predicted octanol–water partition coefficient (Wildman–Crippen LogP) is 1.65. The number of hydrogen-bond donors (Lipinski definition) is 2. The van der Waals surface area contributed by atoms with E-state index in [1.54, 1.807) is 26.4 Å². The average molecular weight is 285 g/mol. The Labute approximate surface area is 124 Å². The molecule has 0 aliphatic rings. The normalized spacial score (nSPS) is 11.8. The molecular weight excluding hydrogens is 266 g/mol. The van der Waals surface area contributed by atoms with Gasteiger partial charge in [-0.1, -0.05) is 6.92 Å². The van der Waals surface area contributed by atoms with Crippen LogP contribution in [-0.2, 0) is 11.2 Å². The van der Waals surface area contributed by atoms with Crippen LogP contribution in [0.2, 0.25) is 0 Å². The summed E-state index contributed by atoms with van der Waals surface area (Å²) in [6, 6.07) is 5.23. The molecule has 1 atom stereocenters. The van der Waals surface area contributed by atoms with Gasteiger partial charge in [-0.05, 0) is 25.5 Å². The molecule has 0 spiro atoms. The maximum absolute atomic E-state index is 11.6. The van der Waals surface area contributed by atoms with Crippen molar-refractivity contribution in [1.29, 1.82) is 0 Å².